The zero-order valence-corrected chi connectivity index (χ0v) is 7.25. The summed E-state index contributed by atoms with van der Waals surface area (Å²) in [7, 11) is 0. The van der Waals surface area contributed by atoms with Crippen molar-refractivity contribution in [3.63, 3.8) is 0 Å². The summed E-state index contributed by atoms with van der Waals surface area (Å²) in [5, 5.41) is 8.24. The van der Waals surface area contributed by atoms with Crippen LogP contribution in [0.5, 0.6) is 0 Å². The molecule has 0 atom stereocenters. The number of halogens is 1. The Labute approximate surface area is 81.0 Å². The number of nitriles is 1. The number of hydrogen-bond acceptors (Lipinski definition) is 2. The normalized spacial score (nSPS) is 8.79. The molecule has 68 valence electrons. The number of nitrogens with zero attached hydrogens (tertiary/aromatic N) is 1. The lowest BCUT2D eigenvalue weighted by Gasteiger charge is -1.98. The summed E-state index contributed by atoms with van der Waals surface area (Å²) in [5.74, 6) is 1.02. The first-order chi connectivity index (χ1) is 6.67. The van der Waals surface area contributed by atoms with Crippen LogP contribution < -0.4 is 0 Å². The Hall–Kier alpha value is -2.13. The minimum Gasteiger partial charge on any atom is -0.282 e. The predicted molar refractivity (Wildman–Crippen MR) is 48.7 cm³/mol. The second-order valence-corrected chi connectivity index (χ2v) is 2.67. The van der Waals surface area contributed by atoms with Gasteiger partial charge in [0, 0.05) is 6.42 Å². The van der Waals surface area contributed by atoms with Crippen LogP contribution in [-0.4, -0.2) is 5.78 Å². The molecule has 0 radical (unpaired) electrons. The van der Waals surface area contributed by atoms with Gasteiger partial charge in [-0.3, -0.25) is 4.79 Å². The van der Waals surface area contributed by atoms with E-state index in [1.807, 2.05) is 0 Å². The van der Waals surface area contributed by atoms with Crippen LogP contribution in [0.3, 0.4) is 0 Å². The van der Waals surface area contributed by atoms with Gasteiger partial charge in [-0.15, -0.1) is 6.42 Å². The number of benzene rings is 1. The molecule has 0 saturated heterocycles. The van der Waals surface area contributed by atoms with Crippen LogP contribution in [0, 0.1) is 29.5 Å². The summed E-state index contributed by atoms with van der Waals surface area (Å²) < 4.78 is 13.1. The highest BCUT2D eigenvalue weighted by atomic mass is 19.1. The average molecular weight is 187 g/mol. The van der Waals surface area contributed by atoms with Gasteiger partial charge < -0.3 is 0 Å². The number of carbonyl (C=O) groups excluding carboxylic acids is 1. The molecule has 0 aliphatic heterocycles. The Balaban J connectivity index is 2.95. The number of Topliss-reactive ketones (excluding diaryl/α,β-unsaturated/α-hetero) is 1. The Morgan fingerprint density at radius 3 is 2.79 bits per heavy atom. The third kappa shape index (κ3) is 2.18. The number of terminal acetylenes is 1. The van der Waals surface area contributed by atoms with Crippen LogP contribution in [0.25, 0.3) is 0 Å². The maximum atomic E-state index is 13.1. The van der Waals surface area contributed by atoms with Crippen LogP contribution in [0.2, 0.25) is 0 Å². The lowest BCUT2D eigenvalue weighted by Crippen LogP contribution is -1.99. The van der Waals surface area contributed by atoms with Crippen LogP contribution >= 0.6 is 0 Å². The first kappa shape index (κ1) is 9.95. The summed E-state index contributed by atoms with van der Waals surface area (Å²) in [5.41, 5.74) is 0.603. The molecule has 0 aliphatic carbocycles. The molecule has 3 heteroatoms. The summed E-state index contributed by atoms with van der Waals surface area (Å²) in [6.45, 7) is 0. The SMILES string of the molecule is C#Cc1ccc(CC(=O)C#N)cc1F. The molecule has 1 aromatic rings. The third-order valence-electron chi connectivity index (χ3n) is 1.68. The van der Waals surface area contributed by atoms with E-state index in [2.05, 4.69) is 5.92 Å². The highest BCUT2D eigenvalue weighted by molar-refractivity contribution is 5.94. The molecule has 0 unspecified atom stereocenters. The first-order valence-electron chi connectivity index (χ1n) is 3.85. The minimum absolute atomic E-state index is 0.0850. The second-order valence-electron chi connectivity index (χ2n) is 2.67. The maximum Gasteiger partial charge on any atom is 0.236 e. The van der Waals surface area contributed by atoms with Crippen molar-refractivity contribution in [1.29, 1.82) is 5.26 Å². The van der Waals surface area contributed by atoms with Gasteiger partial charge in [0.1, 0.15) is 11.9 Å². The minimum atomic E-state index is -0.599. The molecule has 0 aliphatic rings. The second kappa shape index (κ2) is 4.20. The Morgan fingerprint density at radius 2 is 2.29 bits per heavy atom. The van der Waals surface area contributed by atoms with E-state index in [0.29, 0.717) is 5.56 Å². The van der Waals surface area contributed by atoms with E-state index in [9.17, 15) is 9.18 Å². The molecule has 0 amide bonds. The molecule has 2 nitrogen and oxygen atoms in total. The van der Waals surface area contributed by atoms with E-state index in [1.165, 1.54) is 24.3 Å². The van der Waals surface area contributed by atoms with Crippen LogP contribution in [-0.2, 0) is 11.2 Å². The number of rotatable bonds is 2. The van der Waals surface area contributed by atoms with Crippen molar-refractivity contribution < 1.29 is 9.18 Å². The van der Waals surface area contributed by atoms with Crippen molar-refractivity contribution in [2.45, 2.75) is 6.42 Å². The monoisotopic (exact) mass is 187 g/mol. The first-order valence-corrected chi connectivity index (χ1v) is 3.85. The fraction of sp³-hybridized carbons (Fsp3) is 0.0909. The topological polar surface area (TPSA) is 40.9 Å². The van der Waals surface area contributed by atoms with Crippen molar-refractivity contribution in [3.05, 3.63) is 35.1 Å². The van der Waals surface area contributed by atoms with E-state index in [4.69, 9.17) is 11.7 Å². The van der Waals surface area contributed by atoms with Gasteiger partial charge in [-0.1, -0.05) is 12.0 Å². The van der Waals surface area contributed by atoms with Crippen molar-refractivity contribution in [3.8, 4) is 18.4 Å². The fourth-order valence-electron chi connectivity index (χ4n) is 1.01. The standard InChI is InChI=1S/C11H6FNO/c1-2-9-4-3-8(6-11(9)12)5-10(14)7-13/h1,3-4,6H,5H2. The lowest BCUT2D eigenvalue weighted by atomic mass is 10.1. The van der Waals surface area contributed by atoms with Crippen molar-refractivity contribution in [2.75, 3.05) is 0 Å². The van der Waals surface area contributed by atoms with Gasteiger partial charge in [-0.25, -0.2) is 4.39 Å². The number of carbonyl (C=O) groups is 1. The fourth-order valence-corrected chi connectivity index (χ4v) is 1.01. The molecule has 1 rings (SSSR count). The van der Waals surface area contributed by atoms with Crippen LogP contribution in [0.15, 0.2) is 18.2 Å². The molecular weight excluding hydrogens is 181 g/mol. The molecule has 0 fully saturated rings. The molecule has 0 saturated carbocycles. The zero-order valence-electron chi connectivity index (χ0n) is 7.25. The number of hydrogen-bond donors (Lipinski definition) is 0. The van der Waals surface area contributed by atoms with E-state index in [0.717, 1.165) is 0 Å². The Bertz CT molecular complexity index is 451. The summed E-state index contributed by atoms with van der Waals surface area (Å²) in [4.78, 5) is 10.7. The summed E-state index contributed by atoms with van der Waals surface area (Å²) in [6, 6.07) is 5.58. The van der Waals surface area contributed by atoms with E-state index >= 15 is 0 Å². The van der Waals surface area contributed by atoms with Gasteiger partial charge in [0.05, 0.1) is 5.56 Å². The Morgan fingerprint density at radius 1 is 1.57 bits per heavy atom. The Kier molecular flexibility index (Phi) is 2.99. The van der Waals surface area contributed by atoms with Gasteiger partial charge in [0.15, 0.2) is 0 Å². The molecule has 0 N–H and O–H groups in total. The predicted octanol–water partition coefficient (Wildman–Crippen LogP) is 1.44. The van der Waals surface area contributed by atoms with Gasteiger partial charge in [-0.2, -0.15) is 5.26 Å². The molecule has 0 aromatic heterocycles. The molecule has 1 aromatic carbocycles. The van der Waals surface area contributed by atoms with E-state index < -0.39 is 11.6 Å². The van der Waals surface area contributed by atoms with Crippen molar-refractivity contribution >= 4 is 5.78 Å². The average Bonchev–Trinajstić information content (AvgIpc) is 2.18. The number of ketones is 1. The smallest absolute Gasteiger partial charge is 0.236 e. The highest BCUT2D eigenvalue weighted by Gasteiger charge is 2.05. The quantitative estimate of drug-likeness (QED) is 0.519. The van der Waals surface area contributed by atoms with Gasteiger partial charge in [0.25, 0.3) is 0 Å². The largest absolute Gasteiger partial charge is 0.282 e. The molecule has 0 heterocycles. The highest BCUT2D eigenvalue weighted by Crippen LogP contribution is 2.09. The summed E-state index contributed by atoms with van der Waals surface area (Å²) in [6.07, 6.45) is 4.93. The third-order valence-corrected chi connectivity index (χ3v) is 1.68. The molecule has 0 bridgehead atoms. The van der Waals surface area contributed by atoms with Crippen molar-refractivity contribution in [2.24, 2.45) is 0 Å². The summed E-state index contributed by atoms with van der Waals surface area (Å²) >= 11 is 0. The van der Waals surface area contributed by atoms with Gasteiger partial charge in [-0.05, 0) is 17.7 Å². The van der Waals surface area contributed by atoms with E-state index in [1.54, 1.807) is 0 Å². The van der Waals surface area contributed by atoms with Crippen LogP contribution in [0.1, 0.15) is 11.1 Å². The van der Waals surface area contributed by atoms with Crippen molar-refractivity contribution in [1.82, 2.24) is 0 Å². The maximum absolute atomic E-state index is 13.1. The molecular formula is C11H6FNO. The van der Waals surface area contributed by atoms with Crippen LogP contribution in [0.4, 0.5) is 4.39 Å². The lowest BCUT2D eigenvalue weighted by molar-refractivity contribution is -0.113. The zero-order chi connectivity index (χ0) is 10.6. The van der Waals surface area contributed by atoms with Gasteiger partial charge >= 0.3 is 0 Å². The molecule has 0 spiro atoms. The molecule has 14 heavy (non-hydrogen) atoms. The van der Waals surface area contributed by atoms with E-state index in [-0.39, 0.29) is 12.0 Å². The van der Waals surface area contributed by atoms with Gasteiger partial charge in [0.2, 0.25) is 5.78 Å².